The van der Waals surface area contributed by atoms with Gasteiger partial charge in [0.2, 0.25) is 5.91 Å². The summed E-state index contributed by atoms with van der Waals surface area (Å²) in [5.41, 5.74) is 2.37. The van der Waals surface area contributed by atoms with E-state index >= 15 is 0 Å². The summed E-state index contributed by atoms with van der Waals surface area (Å²) in [6.45, 7) is 5.70. The Morgan fingerprint density at radius 1 is 1.30 bits per heavy atom. The van der Waals surface area contributed by atoms with Crippen LogP contribution in [0.15, 0.2) is 0 Å². The molecule has 2 aromatic heterocycles. The molecular weight excluding hydrogens is 408 g/mol. The number of carbonyl (C=O) groups is 2. The highest BCUT2D eigenvalue weighted by Gasteiger charge is 2.27. The number of nitrogens with zero attached hydrogens (tertiary/aromatic N) is 3. The average Bonchev–Trinajstić information content (AvgIpc) is 3.18. The standard InChI is InChI=1S/C20H26N4O5S/c1-4-29-20(26)17-14-8-5-6-9-15(14)30-19(17)21-16(25)10-7-11-23-13(3)18(24(27)28)12(2)22-23/h4-11H2,1-3H3,(H,21,25). The quantitative estimate of drug-likeness (QED) is 0.382. The number of hydrogen-bond acceptors (Lipinski definition) is 7. The Kier molecular flexibility index (Phi) is 6.86. The van der Waals surface area contributed by atoms with Crippen molar-refractivity contribution in [3.8, 4) is 0 Å². The van der Waals surface area contributed by atoms with Gasteiger partial charge < -0.3 is 10.1 Å². The summed E-state index contributed by atoms with van der Waals surface area (Å²) in [6, 6.07) is 0. The first-order chi connectivity index (χ1) is 14.3. The fourth-order valence-corrected chi connectivity index (χ4v) is 5.11. The van der Waals surface area contributed by atoms with Crippen LogP contribution in [0.5, 0.6) is 0 Å². The molecule has 0 aromatic carbocycles. The average molecular weight is 435 g/mol. The Bertz CT molecular complexity index is 978. The van der Waals surface area contributed by atoms with Crippen LogP contribution in [0.3, 0.4) is 0 Å². The molecule has 2 aromatic rings. The summed E-state index contributed by atoms with van der Waals surface area (Å²) < 4.78 is 6.77. The fraction of sp³-hybridized carbons (Fsp3) is 0.550. The molecule has 1 aliphatic rings. The van der Waals surface area contributed by atoms with E-state index in [1.807, 2.05) is 0 Å². The molecule has 0 radical (unpaired) electrons. The van der Waals surface area contributed by atoms with E-state index in [1.165, 1.54) is 11.3 Å². The molecule has 0 saturated carbocycles. The number of thiophene rings is 1. The van der Waals surface area contributed by atoms with Crippen LogP contribution in [-0.4, -0.2) is 33.2 Å². The number of esters is 1. The van der Waals surface area contributed by atoms with Crippen molar-refractivity contribution < 1.29 is 19.2 Å². The number of aromatic nitrogens is 2. The van der Waals surface area contributed by atoms with Gasteiger partial charge in [0.1, 0.15) is 16.4 Å². The molecule has 162 valence electrons. The first-order valence-electron chi connectivity index (χ1n) is 10.1. The third-order valence-electron chi connectivity index (χ3n) is 5.20. The zero-order chi connectivity index (χ0) is 21.8. The van der Waals surface area contributed by atoms with Crippen molar-refractivity contribution in [2.45, 2.75) is 65.8 Å². The number of fused-ring (bicyclic) bond motifs is 1. The smallest absolute Gasteiger partial charge is 0.341 e. The summed E-state index contributed by atoms with van der Waals surface area (Å²) in [6.07, 6.45) is 4.55. The van der Waals surface area contributed by atoms with E-state index in [1.54, 1.807) is 25.5 Å². The van der Waals surface area contributed by atoms with E-state index in [0.717, 1.165) is 36.1 Å². The highest BCUT2D eigenvalue weighted by atomic mass is 32.1. The lowest BCUT2D eigenvalue weighted by atomic mass is 9.95. The van der Waals surface area contributed by atoms with Crippen molar-refractivity contribution in [1.29, 1.82) is 0 Å². The SMILES string of the molecule is CCOC(=O)c1c(NC(=O)CCCn2nc(C)c([N+](=O)[O-])c2C)sc2c1CCCC2. The number of anilines is 1. The molecule has 1 N–H and O–H groups in total. The van der Waals surface area contributed by atoms with Crippen molar-refractivity contribution >= 4 is 33.9 Å². The molecule has 2 heterocycles. The van der Waals surface area contributed by atoms with E-state index in [0.29, 0.717) is 34.9 Å². The van der Waals surface area contributed by atoms with Crippen LogP contribution in [0.1, 0.15) is 64.8 Å². The lowest BCUT2D eigenvalue weighted by Crippen LogP contribution is -2.16. The second kappa shape index (κ2) is 9.38. The van der Waals surface area contributed by atoms with Gasteiger partial charge in [-0.2, -0.15) is 5.10 Å². The molecule has 0 atom stereocenters. The predicted octanol–water partition coefficient (Wildman–Crippen LogP) is 3.94. The summed E-state index contributed by atoms with van der Waals surface area (Å²) in [5, 5.41) is 18.8. The summed E-state index contributed by atoms with van der Waals surface area (Å²) in [5.74, 6) is -0.586. The lowest BCUT2D eigenvalue weighted by molar-refractivity contribution is -0.386. The van der Waals surface area contributed by atoms with E-state index < -0.39 is 4.92 Å². The molecule has 10 heteroatoms. The Morgan fingerprint density at radius 3 is 2.70 bits per heavy atom. The van der Waals surface area contributed by atoms with Crippen LogP contribution in [-0.2, 0) is 28.9 Å². The van der Waals surface area contributed by atoms with Crippen molar-refractivity contribution in [2.75, 3.05) is 11.9 Å². The van der Waals surface area contributed by atoms with Crippen LogP contribution < -0.4 is 5.32 Å². The maximum Gasteiger partial charge on any atom is 0.341 e. The number of rotatable bonds is 8. The topological polar surface area (TPSA) is 116 Å². The van der Waals surface area contributed by atoms with Crippen molar-refractivity contribution in [3.63, 3.8) is 0 Å². The number of nitrogens with one attached hydrogen (secondary N) is 1. The minimum absolute atomic E-state index is 0.0164. The van der Waals surface area contributed by atoms with Crippen molar-refractivity contribution in [3.05, 3.63) is 37.5 Å². The summed E-state index contributed by atoms with van der Waals surface area (Å²) in [7, 11) is 0. The summed E-state index contributed by atoms with van der Waals surface area (Å²) >= 11 is 1.46. The fourth-order valence-electron chi connectivity index (χ4n) is 3.82. The number of aryl methyl sites for hydroxylation is 3. The van der Waals surface area contributed by atoms with Gasteiger partial charge in [0.05, 0.1) is 17.1 Å². The molecule has 0 aliphatic heterocycles. The van der Waals surface area contributed by atoms with E-state index in [2.05, 4.69) is 10.4 Å². The molecular formula is C20H26N4O5S. The second-order valence-electron chi connectivity index (χ2n) is 7.29. The van der Waals surface area contributed by atoms with Gasteiger partial charge in [0.15, 0.2) is 0 Å². The van der Waals surface area contributed by atoms with Gasteiger partial charge in [0, 0.05) is 17.8 Å². The van der Waals surface area contributed by atoms with E-state index in [4.69, 9.17) is 4.74 Å². The van der Waals surface area contributed by atoms with Gasteiger partial charge in [-0.1, -0.05) is 0 Å². The lowest BCUT2D eigenvalue weighted by Gasteiger charge is -2.12. The predicted molar refractivity (Wildman–Crippen MR) is 113 cm³/mol. The molecule has 0 spiro atoms. The van der Waals surface area contributed by atoms with Gasteiger partial charge in [-0.15, -0.1) is 11.3 Å². The number of amides is 1. The third kappa shape index (κ3) is 4.53. The molecule has 1 amide bonds. The second-order valence-corrected chi connectivity index (χ2v) is 8.39. The number of hydrogen-bond donors (Lipinski definition) is 1. The Balaban J connectivity index is 1.65. The number of ether oxygens (including phenoxy) is 1. The van der Waals surface area contributed by atoms with Crippen LogP contribution in [0.25, 0.3) is 0 Å². The largest absolute Gasteiger partial charge is 0.462 e. The summed E-state index contributed by atoms with van der Waals surface area (Å²) in [4.78, 5) is 36.8. The minimum Gasteiger partial charge on any atom is -0.462 e. The van der Waals surface area contributed by atoms with Gasteiger partial charge >= 0.3 is 11.7 Å². The van der Waals surface area contributed by atoms with Gasteiger partial charge in [0.25, 0.3) is 0 Å². The maximum absolute atomic E-state index is 12.5. The van der Waals surface area contributed by atoms with Crippen LogP contribution in [0.2, 0.25) is 0 Å². The molecule has 0 saturated heterocycles. The van der Waals surface area contributed by atoms with Crippen LogP contribution in [0.4, 0.5) is 10.7 Å². The van der Waals surface area contributed by atoms with Gasteiger partial charge in [-0.25, -0.2) is 4.79 Å². The zero-order valence-electron chi connectivity index (χ0n) is 17.4. The van der Waals surface area contributed by atoms with Crippen LogP contribution >= 0.6 is 11.3 Å². The molecule has 3 rings (SSSR count). The zero-order valence-corrected chi connectivity index (χ0v) is 18.3. The number of nitro groups is 1. The monoisotopic (exact) mass is 434 g/mol. The van der Waals surface area contributed by atoms with Crippen LogP contribution in [0, 0.1) is 24.0 Å². The molecule has 0 fully saturated rings. The van der Waals surface area contributed by atoms with Gasteiger partial charge in [-0.05, 0) is 58.4 Å². The molecule has 1 aliphatic carbocycles. The first-order valence-corrected chi connectivity index (χ1v) is 10.9. The highest BCUT2D eigenvalue weighted by Crippen LogP contribution is 2.38. The number of carbonyl (C=O) groups excluding carboxylic acids is 2. The Hall–Kier alpha value is -2.75. The highest BCUT2D eigenvalue weighted by molar-refractivity contribution is 7.17. The van der Waals surface area contributed by atoms with E-state index in [-0.39, 0.29) is 30.6 Å². The van der Waals surface area contributed by atoms with E-state index in [9.17, 15) is 19.7 Å². The Labute approximate surface area is 178 Å². The first kappa shape index (κ1) is 21.9. The normalized spacial score (nSPS) is 13.0. The minimum atomic E-state index is -0.434. The molecule has 30 heavy (non-hydrogen) atoms. The van der Waals surface area contributed by atoms with Crippen molar-refractivity contribution in [1.82, 2.24) is 9.78 Å². The third-order valence-corrected chi connectivity index (χ3v) is 6.41. The molecule has 0 bridgehead atoms. The Morgan fingerprint density at radius 2 is 2.03 bits per heavy atom. The van der Waals surface area contributed by atoms with Crippen molar-refractivity contribution in [2.24, 2.45) is 0 Å². The van der Waals surface area contributed by atoms with Gasteiger partial charge in [-0.3, -0.25) is 19.6 Å². The molecule has 9 nitrogen and oxygen atoms in total. The molecule has 0 unspecified atom stereocenters. The maximum atomic E-state index is 12.5.